The Morgan fingerprint density at radius 1 is 0.419 bits per heavy atom. The van der Waals surface area contributed by atoms with Gasteiger partial charge in [-0.25, -0.2) is 0 Å². The van der Waals surface area contributed by atoms with E-state index in [2.05, 4.69) is 228 Å². The fraction of sp³-hybridized carbons (Fsp3) is 0. The molecule has 0 spiro atoms. The van der Waals surface area contributed by atoms with Gasteiger partial charge in [-0.05, 0) is 100 Å². The third-order valence-corrected chi connectivity index (χ3v) is 13.8. The van der Waals surface area contributed by atoms with Gasteiger partial charge in [-0.3, -0.25) is 0 Å². The maximum absolute atomic E-state index is 6.56. The SMILES string of the molecule is c1cc(-c2ccc(N(c3ccc(-c4cccc5oc6c7ccccc7ccc6c45)cc3)c3cccc4c3sc3ccccc34)cc2)cc(-n2c3ccccc3c3ccccc32)c1. The van der Waals surface area contributed by atoms with E-state index < -0.39 is 0 Å². The number of anilines is 3. The average Bonchev–Trinajstić information content (AvgIpc) is 4.03. The number of para-hydroxylation sites is 2. The summed E-state index contributed by atoms with van der Waals surface area (Å²) in [5, 5.41) is 9.68. The molecule has 0 saturated heterocycles. The lowest BCUT2D eigenvalue weighted by atomic mass is 9.98. The first kappa shape index (κ1) is 34.9. The molecule has 0 aliphatic carbocycles. The topological polar surface area (TPSA) is 21.3 Å². The van der Waals surface area contributed by atoms with Crippen LogP contribution in [0.2, 0.25) is 0 Å². The summed E-state index contributed by atoms with van der Waals surface area (Å²) in [4.78, 5) is 2.42. The molecule has 0 N–H and O–H groups in total. The number of benzene rings is 10. The minimum absolute atomic E-state index is 0.900. The fourth-order valence-electron chi connectivity index (χ4n) is 9.75. The van der Waals surface area contributed by atoms with Crippen molar-refractivity contribution >= 4 is 103 Å². The summed E-state index contributed by atoms with van der Waals surface area (Å²) >= 11 is 1.86. The molecule has 0 aliphatic heterocycles. The highest BCUT2D eigenvalue weighted by Crippen LogP contribution is 2.46. The van der Waals surface area contributed by atoms with Crippen LogP contribution >= 0.6 is 11.3 Å². The van der Waals surface area contributed by atoms with Gasteiger partial charge in [-0.2, -0.15) is 0 Å². The molecule has 4 heteroatoms. The first-order valence-electron chi connectivity index (χ1n) is 21.1. The quantitative estimate of drug-likeness (QED) is 0.167. The standard InChI is InChI=1S/C58H36N2OS/c1-2-15-45-38(12-1)30-35-50-56-44(19-11-24-54(56)61-57(45)50)39-28-33-42(34-29-39)59(53-23-10-20-49-48-18-5-8-25-55(48)62-58(49)53)41-31-26-37(27-32-41)40-13-9-14-43(36-40)60-51-21-6-3-16-46(51)47-17-4-7-22-52(47)60/h1-36H. The first-order chi connectivity index (χ1) is 30.7. The third kappa shape index (κ3) is 5.37. The molecule has 0 amide bonds. The van der Waals surface area contributed by atoms with Gasteiger partial charge in [0.15, 0.2) is 0 Å². The zero-order valence-electron chi connectivity index (χ0n) is 33.5. The molecule has 10 aromatic carbocycles. The van der Waals surface area contributed by atoms with Gasteiger partial charge in [0.2, 0.25) is 0 Å². The molecule has 62 heavy (non-hydrogen) atoms. The molecule has 0 atom stereocenters. The molecule has 13 rings (SSSR count). The van der Waals surface area contributed by atoms with Crippen LogP contribution in [-0.4, -0.2) is 4.57 Å². The number of rotatable bonds is 6. The van der Waals surface area contributed by atoms with E-state index in [1.54, 1.807) is 0 Å². The lowest BCUT2D eigenvalue weighted by Crippen LogP contribution is -2.10. The van der Waals surface area contributed by atoms with E-state index in [0.29, 0.717) is 0 Å². The highest BCUT2D eigenvalue weighted by atomic mass is 32.1. The molecule has 3 heterocycles. The van der Waals surface area contributed by atoms with Gasteiger partial charge in [0.1, 0.15) is 11.2 Å². The molecule has 0 fully saturated rings. The Morgan fingerprint density at radius 3 is 1.82 bits per heavy atom. The van der Waals surface area contributed by atoms with Crippen molar-refractivity contribution in [3.05, 3.63) is 218 Å². The average molecular weight is 809 g/mol. The van der Waals surface area contributed by atoms with Crippen LogP contribution in [-0.2, 0) is 0 Å². The molecule has 13 aromatic rings. The Kier molecular flexibility index (Phi) is 7.78. The predicted molar refractivity (Wildman–Crippen MR) is 264 cm³/mol. The number of hydrogen-bond acceptors (Lipinski definition) is 3. The normalized spacial score (nSPS) is 11.9. The summed E-state index contributed by atoms with van der Waals surface area (Å²) in [6.45, 7) is 0. The summed E-state index contributed by atoms with van der Waals surface area (Å²) in [7, 11) is 0. The van der Waals surface area contributed by atoms with Crippen molar-refractivity contribution in [1.29, 1.82) is 0 Å². The van der Waals surface area contributed by atoms with Crippen LogP contribution in [0.1, 0.15) is 0 Å². The Balaban J connectivity index is 0.928. The Labute approximate surface area is 361 Å². The fourth-order valence-corrected chi connectivity index (χ4v) is 11.0. The molecule has 3 aromatic heterocycles. The van der Waals surface area contributed by atoms with Gasteiger partial charge >= 0.3 is 0 Å². The molecule has 0 bridgehead atoms. The Bertz CT molecular complexity index is 3820. The van der Waals surface area contributed by atoms with Gasteiger partial charge < -0.3 is 13.9 Å². The van der Waals surface area contributed by atoms with Gasteiger partial charge in [0.25, 0.3) is 0 Å². The van der Waals surface area contributed by atoms with Gasteiger partial charge in [0.05, 0.1) is 21.4 Å². The van der Waals surface area contributed by atoms with Crippen LogP contribution in [0.5, 0.6) is 0 Å². The van der Waals surface area contributed by atoms with Crippen molar-refractivity contribution in [1.82, 2.24) is 4.57 Å². The van der Waals surface area contributed by atoms with Gasteiger partial charge in [-0.1, -0.05) is 146 Å². The summed E-state index contributed by atoms with van der Waals surface area (Å²) < 4.78 is 11.5. The van der Waals surface area contributed by atoms with Gasteiger partial charge in [-0.15, -0.1) is 11.3 Å². The Morgan fingerprint density at radius 2 is 1.05 bits per heavy atom. The number of hydrogen-bond donors (Lipinski definition) is 0. The van der Waals surface area contributed by atoms with E-state index in [-0.39, 0.29) is 0 Å². The zero-order valence-corrected chi connectivity index (χ0v) is 34.3. The molecule has 0 unspecified atom stereocenters. The van der Waals surface area contributed by atoms with Crippen molar-refractivity contribution in [3.8, 4) is 27.9 Å². The van der Waals surface area contributed by atoms with E-state index in [9.17, 15) is 0 Å². The minimum Gasteiger partial charge on any atom is -0.455 e. The third-order valence-electron chi connectivity index (χ3n) is 12.6. The van der Waals surface area contributed by atoms with Crippen LogP contribution in [0.25, 0.3) is 103 Å². The van der Waals surface area contributed by atoms with Crippen molar-refractivity contribution in [2.24, 2.45) is 0 Å². The number of aromatic nitrogens is 1. The maximum atomic E-state index is 6.56. The molecule has 3 nitrogen and oxygen atoms in total. The number of nitrogens with zero attached hydrogens (tertiary/aromatic N) is 2. The lowest BCUT2D eigenvalue weighted by Gasteiger charge is -2.26. The Hall–Kier alpha value is -7.92. The molecular formula is C58H36N2OS. The van der Waals surface area contributed by atoms with E-state index in [4.69, 9.17) is 4.42 Å². The van der Waals surface area contributed by atoms with E-state index in [1.807, 2.05) is 11.3 Å². The first-order valence-corrected chi connectivity index (χ1v) is 21.9. The van der Waals surface area contributed by atoms with Crippen molar-refractivity contribution < 1.29 is 4.42 Å². The maximum Gasteiger partial charge on any atom is 0.143 e. The van der Waals surface area contributed by atoms with E-state index >= 15 is 0 Å². The van der Waals surface area contributed by atoms with E-state index in [1.165, 1.54) is 58.5 Å². The van der Waals surface area contributed by atoms with Crippen LogP contribution in [0.15, 0.2) is 223 Å². The summed E-state index contributed by atoms with van der Waals surface area (Å²) in [6, 6.07) is 79.1. The van der Waals surface area contributed by atoms with E-state index in [0.717, 1.165) is 61.2 Å². The second-order valence-corrected chi connectivity index (χ2v) is 17.1. The second-order valence-electron chi connectivity index (χ2n) is 16.0. The van der Waals surface area contributed by atoms with Crippen molar-refractivity contribution in [2.75, 3.05) is 4.90 Å². The van der Waals surface area contributed by atoms with Crippen LogP contribution < -0.4 is 4.90 Å². The monoisotopic (exact) mass is 808 g/mol. The highest BCUT2D eigenvalue weighted by Gasteiger charge is 2.20. The number of thiophene rings is 1. The number of furan rings is 1. The molecule has 290 valence electrons. The minimum atomic E-state index is 0.900. The molecule has 0 saturated carbocycles. The zero-order chi connectivity index (χ0) is 40.7. The highest BCUT2D eigenvalue weighted by molar-refractivity contribution is 7.26. The smallest absolute Gasteiger partial charge is 0.143 e. The van der Waals surface area contributed by atoms with Crippen LogP contribution in [0.3, 0.4) is 0 Å². The second kappa shape index (κ2) is 13.8. The summed E-state index contributed by atoms with van der Waals surface area (Å²) in [6.07, 6.45) is 0. The van der Waals surface area contributed by atoms with Crippen molar-refractivity contribution in [2.45, 2.75) is 0 Å². The molecule has 0 aliphatic rings. The lowest BCUT2D eigenvalue weighted by molar-refractivity contribution is 0.673. The van der Waals surface area contributed by atoms with Crippen LogP contribution in [0.4, 0.5) is 17.1 Å². The van der Waals surface area contributed by atoms with Gasteiger partial charge in [0, 0.05) is 59.5 Å². The summed E-state index contributed by atoms with van der Waals surface area (Å²) in [5.41, 5.74) is 13.4. The largest absolute Gasteiger partial charge is 0.455 e. The molecular weight excluding hydrogens is 773 g/mol. The van der Waals surface area contributed by atoms with Crippen LogP contribution in [0, 0.1) is 0 Å². The van der Waals surface area contributed by atoms with Crippen molar-refractivity contribution in [3.63, 3.8) is 0 Å². The summed E-state index contributed by atoms with van der Waals surface area (Å²) in [5.74, 6) is 0. The molecule has 0 radical (unpaired) electrons. The number of fused-ring (bicyclic) bond motifs is 11. The predicted octanol–water partition coefficient (Wildman–Crippen LogP) is 17.0.